The molecule has 0 heterocycles. The minimum absolute atomic E-state index is 0.0363. The molecule has 30 heavy (non-hydrogen) atoms. The van der Waals surface area contributed by atoms with E-state index in [9.17, 15) is 4.79 Å². The molecule has 0 aromatic heterocycles. The highest BCUT2D eigenvalue weighted by molar-refractivity contribution is 6.07. The molecule has 0 bridgehead atoms. The quantitative estimate of drug-likeness (QED) is 0.297. The van der Waals surface area contributed by atoms with Crippen molar-refractivity contribution >= 4 is 11.9 Å². The van der Waals surface area contributed by atoms with Gasteiger partial charge >= 0.3 is 0 Å². The number of benzene rings is 3. The van der Waals surface area contributed by atoms with Gasteiger partial charge in [0.2, 0.25) is 0 Å². The standard InChI is InChI=1S/C27H28O3/c1-20(2)17-18-30-26-16-10-21(19-27(26)29-3)9-15-25(28)24-13-11-23(12-14-24)22-7-5-4-6-8-22/h4-16,19-20H,17-18H2,1-3H3. The summed E-state index contributed by atoms with van der Waals surface area (Å²) in [5.74, 6) is 1.94. The van der Waals surface area contributed by atoms with Crippen LogP contribution in [-0.2, 0) is 0 Å². The van der Waals surface area contributed by atoms with Crippen molar-refractivity contribution in [1.29, 1.82) is 0 Å². The molecule has 3 heteroatoms. The molecule has 3 nitrogen and oxygen atoms in total. The summed E-state index contributed by atoms with van der Waals surface area (Å²) in [7, 11) is 1.62. The Hall–Kier alpha value is -3.33. The first-order chi connectivity index (χ1) is 14.6. The Morgan fingerprint density at radius 3 is 2.27 bits per heavy atom. The summed E-state index contributed by atoms with van der Waals surface area (Å²) in [6.45, 7) is 4.99. The Kier molecular flexibility index (Phi) is 7.45. The molecule has 0 saturated heterocycles. The monoisotopic (exact) mass is 400 g/mol. The van der Waals surface area contributed by atoms with Crippen molar-refractivity contribution < 1.29 is 14.3 Å². The van der Waals surface area contributed by atoms with Crippen LogP contribution in [0.5, 0.6) is 11.5 Å². The molecule has 0 aliphatic carbocycles. The second-order valence-electron chi connectivity index (χ2n) is 7.58. The summed E-state index contributed by atoms with van der Waals surface area (Å²) < 4.78 is 11.3. The van der Waals surface area contributed by atoms with E-state index in [0.717, 1.165) is 28.9 Å². The molecule has 3 rings (SSSR count). The molecule has 0 aliphatic heterocycles. The highest BCUT2D eigenvalue weighted by Gasteiger charge is 2.07. The maximum absolute atomic E-state index is 12.5. The van der Waals surface area contributed by atoms with Crippen LogP contribution in [0.1, 0.15) is 36.2 Å². The maximum atomic E-state index is 12.5. The minimum Gasteiger partial charge on any atom is -0.493 e. The van der Waals surface area contributed by atoms with Gasteiger partial charge in [0.25, 0.3) is 0 Å². The Morgan fingerprint density at radius 2 is 1.60 bits per heavy atom. The van der Waals surface area contributed by atoms with Gasteiger partial charge in [0.05, 0.1) is 13.7 Å². The molecule has 0 saturated carbocycles. The summed E-state index contributed by atoms with van der Waals surface area (Å²) >= 11 is 0. The van der Waals surface area contributed by atoms with E-state index in [0.29, 0.717) is 23.8 Å². The topological polar surface area (TPSA) is 35.5 Å². The highest BCUT2D eigenvalue weighted by Crippen LogP contribution is 2.29. The fourth-order valence-corrected chi connectivity index (χ4v) is 3.04. The van der Waals surface area contributed by atoms with Crippen LogP contribution in [0.15, 0.2) is 78.9 Å². The normalized spacial score (nSPS) is 11.1. The lowest BCUT2D eigenvalue weighted by atomic mass is 10.0. The molecule has 3 aromatic carbocycles. The molecule has 0 N–H and O–H groups in total. The van der Waals surface area contributed by atoms with Gasteiger partial charge < -0.3 is 9.47 Å². The lowest BCUT2D eigenvalue weighted by Gasteiger charge is -2.12. The SMILES string of the molecule is COc1cc(C=CC(=O)c2ccc(-c3ccccc3)cc2)ccc1OCCC(C)C. The Labute approximate surface area is 179 Å². The number of carbonyl (C=O) groups excluding carboxylic acids is 1. The zero-order valence-corrected chi connectivity index (χ0v) is 17.8. The summed E-state index contributed by atoms with van der Waals surface area (Å²) in [5, 5.41) is 0. The second-order valence-corrected chi connectivity index (χ2v) is 7.58. The molecule has 0 atom stereocenters. The van der Waals surface area contributed by atoms with Crippen LogP contribution in [0.2, 0.25) is 0 Å². The van der Waals surface area contributed by atoms with Crippen LogP contribution < -0.4 is 9.47 Å². The zero-order valence-electron chi connectivity index (χ0n) is 17.8. The summed E-state index contributed by atoms with van der Waals surface area (Å²) in [5.41, 5.74) is 3.77. The zero-order chi connectivity index (χ0) is 21.3. The van der Waals surface area contributed by atoms with Gasteiger partial charge in [-0.1, -0.05) is 80.6 Å². The molecule has 0 amide bonds. The van der Waals surface area contributed by atoms with Gasteiger partial charge in [0.15, 0.2) is 17.3 Å². The Bertz CT molecular complexity index is 986. The maximum Gasteiger partial charge on any atom is 0.185 e. The van der Waals surface area contributed by atoms with Crippen LogP contribution in [0.3, 0.4) is 0 Å². The molecular formula is C27H28O3. The summed E-state index contributed by atoms with van der Waals surface area (Å²) in [6.07, 6.45) is 4.38. The van der Waals surface area contributed by atoms with E-state index in [1.54, 1.807) is 19.3 Å². The third kappa shape index (κ3) is 5.84. The summed E-state index contributed by atoms with van der Waals surface area (Å²) in [4.78, 5) is 12.5. The number of rotatable bonds is 9. The predicted molar refractivity (Wildman–Crippen MR) is 123 cm³/mol. The van der Waals surface area contributed by atoms with Crippen molar-refractivity contribution in [3.63, 3.8) is 0 Å². The first kappa shape index (κ1) is 21.4. The minimum atomic E-state index is -0.0363. The largest absolute Gasteiger partial charge is 0.493 e. The van der Waals surface area contributed by atoms with Crippen molar-refractivity contribution in [2.45, 2.75) is 20.3 Å². The van der Waals surface area contributed by atoms with Crippen molar-refractivity contribution in [3.05, 3.63) is 90.0 Å². The van der Waals surface area contributed by atoms with Crippen molar-refractivity contribution in [1.82, 2.24) is 0 Å². The van der Waals surface area contributed by atoms with E-state index >= 15 is 0 Å². The van der Waals surface area contributed by atoms with E-state index in [2.05, 4.69) is 26.0 Å². The number of allylic oxidation sites excluding steroid dienone is 1. The third-order valence-electron chi connectivity index (χ3n) is 4.84. The van der Waals surface area contributed by atoms with Crippen LogP contribution in [-0.4, -0.2) is 19.5 Å². The third-order valence-corrected chi connectivity index (χ3v) is 4.84. The van der Waals surface area contributed by atoms with E-state index in [1.165, 1.54) is 0 Å². The molecule has 3 aromatic rings. The molecule has 0 radical (unpaired) electrons. The smallest absolute Gasteiger partial charge is 0.185 e. The number of carbonyl (C=O) groups is 1. The molecule has 0 fully saturated rings. The van der Waals surface area contributed by atoms with E-state index in [4.69, 9.17) is 9.47 Å². The predicted octanol–water partition coefficient (Wildman–Crippen LogP) is 6.68. The van der Waals surface area contributed by atoms with Crippen LogP contribution in [0.4, 0.5) is 0 Å². The van der Waals surface area contributed by atoms with Crippen LogP contribution in [0.25, 0.3) is 17.2 Å². The second kappa shape index (κ2) is 10.4. The lowest BCUT2D eigenvalue weighted by molar-refractivity contribution is 0.104. The van der Waals surface area contributed by atoms with E-state index in [1.807, 2.05) is 60.7 Å². The van der Waals surface area contributed by atoms with Crippen LogP contribution in [0, 0.1) is 5.92 Å². The number of methoxy groups -OCH3 is 1. The Morgan fingerprint density at radius 1 is 0.900 bits per heavy atom. The van der Waals surface area contributed by atoms with Crippen molar-refractivity contribution in [3.8, 4) is 22.6 Å². The van der Waals surface area contributed by atoms with Gasteiger partial charge in [-0.3, -0.25) is 4.79 Å². The Balaban J connectivity index is 1.66. The van der Waals surface area contributed by atoms with Gasteiger partial charge in [0, 0.05) is 5.56 Å². The molecular weight excluding hydrogens is 372 g/mol. The van der Waals surface area contributed by atoms with Crippen molar-refractivity contribution in [2.24, 2.45) is 5.92 Å². The van der Waals surface area contributed by atoms with Gasteiger partial charge in [-0.2, -0.15) is 0 Å². The summed E-state index contributed by atoms with van der Waals surface area (Å²) in [6, 6.07) is 23.5. The van der Waals surface area contributed by atoms with E-state index < -0.39 is 0 Å². The van der Waals surface area contributed by atoms with Gasteiger partial charge in [-0.25, -0.2) is 0 Å². The average Bonchev–Trinajstić information content (AvgIpc) is 2.78. The average molecular weight is 401 g/mol. The first-order valence-corrected chi connectivity index (χ1v) is 10.3. The fourth-order valence-electron chi connectivity index (χ4n) is 3.04. The molecule has 0 unspecified atom stereocenters. The van der Waals surface area contributed by atoms with Gasteiger partial charge in [0.1, 0.15) is 0 Å². The van der Waals surface area contributed by atoms with Crippen LogP contribution >= 0.6 is 0 Å². The molecule has 0 spiro atoms. The van der Waals surface area contributed by atoms with Crippen molar-refractivity contribution in [2.75, 3.05) is 13.7 Å². The van der Waals surface area contributed by atoms with Gasteiger partial charge in [-0.15, -0.1) is 0 Å². The highest BCUT2D eigenvalue weighted by atomic mass is 16.5. The fraction of sp³-hybridized carbons (Fsp3) is 0.222. The molecule has 0 aliphatic rings. The number of ketones is 1. The van der Waals surface area contributed by atoms with Gasteiger partial charge in [-0.05, 0) is 47.2 Å². The van der Waals surface area contributed by atoms with E-state index in [-0.39, 0.29) is 5.78 Å². The number of hydrogen-bond donors (Lipinski definition) is 0. The molecule has 154 valence electrons. The number of hydrogen-bond acceptors (Lipinski definition) is 3. The number of ether oxygens (including phenoxy) is 2. The lowest BCUT2D eigenvalue weighted by Crippen LogP contribution is -2.02. The first-order valence-electron chi connectivity index (χ1n) is 10.3.